The first-order chi connectivity index (χ1) is 21.3. The summed E-state index contributed by atoms with van der Waals surface area (Å²) in [6.45, 7) is 6.47. The van der Waals surface area contributed by atoms with Gasteiger partial charge in [0.2, 0.25) is 5.91 Å². The van der Waals surface area contributed by atoms with Crippen LogP contribution in [0, 0.1) is 21.8 Å². The van der Waals surface area contributed by atoms with Crippen molar-refractivity contribution in [3.8, 4) is 0 Å². The molecular weight excluding hydrogens is 591 g/mol. The van der Waals surface area contributed by atoms with E-state index in [1.807, 2.05) is 9.80 Å². The number of nitrogens with one attached hydrogen (secondary N) is 1. The van der Waals surface area contributed by atoms with Gasteiger partial charge in [0.25, 0.3) is 5.69 Å². The molecule has 3 heterocycles. The number of amides is 4. The molecule has 45 heavy (non-hydrogen) atoms. The monoisotopic (exact) mass is 624 g/mol. The lowest BCUT2D eigenvalue weighted by molar-refractivity contribution is -0.384. The van der Waals surface area contributed by atoms with Gasteiger partial charge in [-0.25, -0.2) is 14.0 Å². The van der Waals surface area contributed by atoms with E-state index < -0.39 is 52.4 Å². The van der Waals surface area contributed by atoms with E-state index in [1.54, 1.807) is 31.7 Å². The number of halogens is 1. The maximum atomic E-state index is 15.7. The van der Waals surface area contributed by atoms with Crippen LogP contribution in [0.1, 0.15) is 39.2 Å². The summed E-state index contributed by atoms with van der Waals surface area (Å²) in [4.78, 5) is 69.1. The van der Waals surface area contributed by atoms with E-state index in [0.29, 0.717) is 37.4 Å². The zero-order valence-corrected chi connectivity index (χ0v) is 25.0. The number of urea groups is 1. The number of hydrogen-bond donors (Lipinski definition) is 1. The van der Waals surface area contributed by atoms with Crippen molar-refractivity contribution in [2.75, 3.05) is 40.9 Å². The number of nitro groups is 1. The number of rotatable bonds is 6. The van der Waals surface area contributed by atoms with Gasteiger partial charge in [0, 0.05) is 50.4 Å². The number of carbonyl (C=O) groups is 4. The minimum Gasteiger partial charge on any atom is -0.460 e. The molecule has 3 aliphatic heterocycles. The third kappa shape index (κ3) is 5.81. The molecular formula is C30H33FN6O8. The van der Waals surface area contributed by atoms with Gasteiger partial charge in [-0.2, -0.15) is 0 Å². The zero-order chi connectivity index (χ0) is 32.2. The first-order valence-corrected chi connectivity index (χ1v) is 14.7. The molecule has 0 spiro atoms. The van der Waals surface area contributed by atoms with Gasteiger partial charge in [0.15, 0.2) is 5.92 Å². The van der Waals surface area contributed by atoms with Crippen LogP contribution in [0.5, 0.6) is 0 Å². The maximum absolute atomic E-state index is 15.7. The molecule has 238 valence electrons. The number of anilines is 3. The summed E-state index contributed by atoms with van der Waals surface area (Å²) in [6, 6.07) is 7.49. The first kappa shape index (κ1) is 30.1. The Bertz CT molecular complexity index is 1570. The van der Waals surface area contributed by atoms with Crippen LogP contribution >= 0.6 is 0 Å². The average molecular weight is 625 g/mol. The van der Waals surface area contributed by atoms with E-state index in [4.69, 9.17) is 9.47 Å². The molecule has 2 atom stereocenters. The quantitative estimate of drug-likeness (QED) is 0.219. The number of hydrogen-bond acceptors (Lipinski definition) is 10. The van der Waals surface area contributed by atoms with Gasteiger partial charge in [0.05, 0.1) is 22.0 Å². The molecule has 2 aromatic carbocycles. The maximum Gasteiger partial charge on any atom is 0.410 e. The van der Waals surface area contributed by atoms with Crippen LogP contribution in [-0.2, 0) is 25.7 Å². The van der Waals surface area contributed by atoms with Crippen molar-refractivity contribution in [1.29, 1.82) is 0 Å². The van der Waals surface area contributed by atoms with Crippen LogP contribution in [0.25, 0.3) is 0 Å². The number of nitrogens with zero attached hydrogens (tertiary/aromatic N) is 5. The van der Waals surface area contributed by atoms with Gasteiger partial charge < -0.3 is 24.2 Å². The summed E-state index contributed by atoms with van der Waals surface area (Å²) >= 11 is 0. The second-order valence-electron chi connectivity index (χ2n) is 12.5. The summed E-state index contributed by atoms with van der Waals surface area (Å²) in [7, 11) is 0. The number of ether oxygens (including phenoxy) is 2. The molecule has 1 aliphatic carbocycles. The van der Waals surface area contributed by atoms with E-state index in [9.17, 15) is 29.3 Å². The second-order valence-corrected chi connectivity index (χ2v) is 12.5. The standard InChI is InChI=1S/C30H33FN6O8/c1-30(2,3)45-29(41)34-12-10-33(11-13-34)21-15-23-22(14-20(21)31)36-26(35(23)18-8-9-18)24(25(38)32-28(36)40)27(39)44-16-17-4-6-19(7-5-17)37(42)43/h4-7,14-15,18,24,26H,8-13,16H2,1-3H3,(H,32,38,40). The van der Waals surface area contributed by atoms with Crippen LogP contribution in [0.3, 0.4) is 0 Å². The van der Waals surface area contributed by atoms with Crippen molar-refractivity contribution in [2.24, 2.45) is 5.92 Å². The van der Waals surface area contributed by atoms with Gasteiger partial charge in [-0.15, -0.1) is 0 Å². The SMILES string of the molecule is CC(C)(C)OC(=O)N1CCN(c2cc3c(cc2F)N2C(=O)NC(=O)C(C(=O)OCc4ccc([N+](=O)[O-])cc4)C2N3C2CC2)CC1. The Morgan fingerprint density at radius 2 is 1.69 bits per heavy atom. The molecule has 4 amide bonds. The minimum absolute atomic E-state index is 0.0789. The van der Waals surface area contributed by atoms with E-state index >= 15 is 4.39 Å². The van der Waals surface area contributed by atoms with Crippen LogP contribution in [0.2, 0.25) is 0 Å². The Morgan fingerprint density at radius 3 is 2.29 bits per heavy atom. The fourth-order valence-corrected chi connectivity index (χ4v) is 5.92. The summed E-state index contributed by atoms with van der Waals surface area (Å²) in [5.41, 5.74) is 0.760. The van der Waals surface area contributed by atoms with Crippen LogP contribution in [0.15, 0.2) is 36.4 Å². The van der Waals surface area contributed by atoms with E-state index in [-0.39, 0.29) is 29.7 Å². The molecule has 0 radical (unpaired) electrons. The number of fused-ring (bicyclic) bond motifs is 3. The molecule has 15 heteroatoms. The average Bonchev–Trinajstić information content (AvgIpc) is 3.76. The van der Waals surface area contributed by atoms with Gasteiger partial charge in [-0.3, -0.25) is 29.9 Å². The van der Waals surface area contributed by atoms with Gasteiger partial charge >= 0.3 is 18.1 Å². The molecule has 1 saturated carbocycles. The highest BCUT2D eigenvalue weighted by Crippen LogP contribution is 2.50. The number of esters is 1. The molecule has 2 aromatic rings. The van der Waals surface area contributed by atoms with Crippen molar-refractivity contribution in [3.63, 3.8) is 0 Å². The molecule has 6 rings (SSSR count). The predicted molar refractivity (Wildman–Crippen MR) is 158 cm³/mol. The van der Waals surface area contributed by atoms with Crippen LogP contribution in [0.4, 0.5) is 36.7 Å². The Labute approximate surface area is 257 Å². The minimum atomic E-state index is -1.43. The molecule has 1 N–H and O–H groups in total. The smallest absolute Gasteiger partial charge is 0.410 e. The highest BCUT2D eigenvalue weighted by Gasteiger charge is 2.57. The number of non-ortho nitro benzene ring substituents is 1. The Hall–Kier alpha value is -4.95. The summed E-state index contributed by atoms with van der Waals surface area (Å²) in [5.74, 6) is -3.73. The fraction of sp³-hybridized carbons (Fsp3) is 0.467. The van der Waals surface area contributed by atoms with Crippen molar-refractivity contribution < 1.29 is 38.0 Å². The molecule has 2 saturated heterocycles. The number of benzene rings is 2. The fourth-order valence-electron chi connectivity index (χ4n) is 5.92. The Morgan fingerprint density at radius 1 is 1.02 bits per heavy atom. The normalized spacial score (nSPS) is 21.2. The third-order valence-electron chi connectivity index (χ3n) is 8.16. The molecule has 4 aliphatic rings. The number of piperazine rings is 1. The Balaban J connectivity index is 1.24. The number of carbonyl (C=O) groups excluding carboxylic acids is 4. The van der Waals surface area contributed by atoms with Gasteiger partial charge in [-0.05, 0) is 57.4 Å². The molecule has 2 unspecified atom stereocenters. The number of nitro benzene ring substituents is 1. The molecule has 3 fully saturated rings. The van der Waals surface area contributed by atoms with Crippen molar-refractivity contribution >= 4 is 46.8 Å². The van der Waals surface area contributed by atoms with Crippen molar-refractivity contribution in [1.82, 2.24) is 10.2 Å². The molecule has 14 nitrogen and oxygen atoms in total. The van der Waals surface area contributed by atoms with E-state index in [0.717, 1.165) is 12.8 Å². The van der Waals surface area contributed by atoms with E-state index in [2.05, 4.69) is 5.32 Å². The lowest BCUT2D eigenvalue weighted by Crippen LogP contribution is -2.65. The molecule has 0 aromatic heterocycles. The predicted octanol–water partition coefficient (Wildman–Crippen LogP) is 3.52. The lowest BCUT2D eigenvalue weighted by atomic mass is 10.0. The van der Waals surface area contributed by atoms with Crippen LogP contribution < -0.4 is 20.0 Å². The summed E-state index contributed by atoms with van der Waals surface area (Å²) in [6.07, 6.45) is 0.0175. The lowest BCUT2D eigenvalue weighted by Gasteiger charge is -2.39. The second kappa shape index (κ2) is 11.2. The summed E-state index contributed by atoms with van der Waals surface area (Å²) in [5, 5.41) is 13.2. The van der Waals surface area contributed by atoms with Gasteiger partial charge in [-0.1, -0.05) is 0 Å². The van der Waals surface area contributed by atoms with Crippen molar-refractivity contribution in [2.45, 2.75) is 58.0 Å². The van der Waals surface area contributed by atoms with Crippen molar-refractivity contribution in [3.05, 3.63) is 57.9 Å². The summed E-state index contributed by atoms with van der Waals surface area (Å²) < 4.78 is 26.7. The zero-order valence-electron chi connectivity index (χ0n) is 25.0. The third-order valence-corrected chi connectivity index (χ3v) is 8.16. The van der Waals surface area contributed by atoms with E-state index in [1.165, 1.54) is 35.2 Å². The number of imide groups is 1. The highest BCUT2D eigenvalue weighted by molar-refractivity contribution is 6.16. The first-order valence-electron chi connectivity index (χ1n) is 14.7. The highest BCUT2D eigenvalue weighted by atomic mass is 19.1. The topological polar surface area (TPSA) is 155 Å². The van der Waals surface area contributed by atoms with Gasteiger partial charge in [0.1, 0.15) is 24.2 Å². The Kier molecular flexibility index (Phi) is 7.49. The largest absolute Gasteiger partial charge is 0.460 e. The van der Waals surface area contributed by atoms with Crippen LogP contribution in [-0.4, -0.2) is 77.8 Å². The molecule has 0 bridgehead atoms.